The van der Waals surface area contributed by atoms with Gasteiger partial charge in [0, 0.05) is 25.5 Å². The minimum absolute atomic E-state index is 0.635. The molecule has 5 nitrogen and oxygen atoms in total. The maximum absolute atomic E-state index is 4.64. The van der Waals surface area contributed by atoms with Gasteiger partial charge in [0.05, 0.1) is 12.2 Å². The zero-order valence-electron chi connectivity index (χ0n) is 15.1. The lowest BCUT2D eigenvalue weighted by Crippen LogP contribution is -2.36. The fourth-order valence-corrected chi connectivity index (χ4v) is 2.93. The molecule has 0 bridgehead atoms. The maximum atomic E-state index is 4.64. The summed E-state index contributed by atoms with van der Waals surface area (Å²) in [6.07, 6.45) is 3.10. The molecule has 130 valence electrons. The summed E-state index contributed by atoms with van der Waals surface area (Å²) < 4.78 is 2.10. The first-order valence-corrected chi connectivity index (χ1v) is 8.66. The number of benzene rings is 1. The number of hydrogen-bond acceptors (Lipinski definition) is 2. The Morgan fingerprint density at radius 3 is 2.52 bits per heavy atom. The van der Waals surface area contributed by atoms with Crippen LogP contribution in [0.4, 0.5) is 0 Å². The third-order valence-electron chi connectivity index (χ3n) is 4.35. The van der Waals surface area contributed by atoms with Crippen molar-refractivity contribution in [3.05, 3.63) is 71.2 Å². The van der Waals surface area contributed by atoms with Crippen LogP contribution < -0.4 is 10.6 Å². The normalized spacial score (nSPS) is 11.7. The number of fused-ring (bicyclic) bond motifs is 1. The minimum atomic E-state index is 0.635. The summed E-state index contributed by atoms with van der Waals surface area (Å²) in [6.45, 7) is 5.65. The van der Waals surface area contributed by atoms with Crippen LogP contribution in [0.1, 0.15) is 29.4 Å². The largest absolute Gasteiger partial charge is 0.352 e. The van der Waals surface area contributed by atoms with Gasteiger partial charge < -0.3 is 15.0 Å². The summed E-state index contributed by atoms with van der Waals surface area (Å²) in [5.74, 6) is 0.777. The fourth-order valence-electron chi connectivity index (χ4n) is 2.93. The van der Waals surface area contributed by atoms with Crippen molar-refractivity contribution in [3.8, 4) is 0 Å². The Labute approximate surface area is 148 Å². The second-order valence-electron chi connectivity index (χ2n) is 6.03. The molecule has 2 aromatic heterocycles. The van der Waals surface area contributed by atoms with Gasteiger partial charge in [0.15, 0.2) is 5.96 Å². The van der Waals surface area contributed by atoms with Gasteiger partial charge in [0.25, 0.3) is 0 Å². The topological polar surface area (TPSA) is 53.7 Å². The standard InChI is InChI=1S/C20H25N5/c1-4-16-9-5-6-10-17(16)12-22-20(21-3)23-13-18-14-25-15(2)8-7-11-19(25)24-18/h5-11,14H,4,12-13H2,1-3H3,(H2,21,22,23). The molecule has 0 fully saturated rings. The van der Waals surface area contributed by atoms with Gasteiger partial charge in [-0.2, -0.15) is 0 Å². The fraction of sp³-hybridized carbons (Fsp3) is 0.300. The van der Waals surface area contributed by atoms with E-state index in [1.165, 1.54) is 16.8 Å². The van der Waals surface area contributed by atoms with E-state index in [1.54, 1.807) is 7.05 Å². The molecule has 1 aromatic carbocycles. The highest BCUT2D eigenvalue weighted by Gasteiger charge is 2.05. The molecule has 2 heterocycles. The molecule has 0 aliphatic carbocycles. The number of nitrogens with zero attached hydrogens (tertiary/aromatic N) is 3. The smallest absolute Gasteiger partial charge is 0.191 e. The predicted octanol–water partition coefficient (Wildman–Crippen LogP) is 3.07. The lowest BCUT2D eigenvalue weighted by molar-refractivity contribution is 0.793. The number of hydrogen-bond donors (Lipinski definition) is 2. The molecular formula is C20H25N5. The highest BCUT2D eigenvalue weighted by atomic mass is 15.2. The van der Waals surface area contributed by atoms with Crippen molar-refractivity contribution in [2.24, 2.45) is 4.99 Å². The molecule has 25 heavy (non-hydrogen) atoms. The van der Waals surface area contributed by atoms with Crippen LogP contribution in [0.25, 0.3) is 5.65 Å². The van der Waals surface area contributed by atoms with Crippen LogP contribution in [0, 0.1) is 6.92 Å². The number of guanidine groups is 1. The Morgan fingerprint density at radius 2 is 1.80 bits per heavy atom. The SMILES string of the molecule is CCc1ccccc1CNC(=NC)NCc1cn2c(C)cccc2n1. The van der Waals surface area contributed by atoms with Crippen LogP contribution in [0.3, 0.4) is 0 Å². The van der Waals surface area contributed by atoms with Crippen molar-refractivity contribution in [1.82, 2.24) is 20.0 Å². The summed E-state index contributed by atoms with van der Waals surface area (Å²) >= 11 is 0. The number of aromatic nitrogens is 2. The van der Waals surface area contributed by atoms with Gasteiger partial charge in [-0.3, -0.25) is 4.99 Å². The van der Waals surface area contributed by atoms with Gasteiger partial charge in [-0.1, -0.05) is 37.3 Å². The Kier molecular flexibility index (Phi) is 5.33. The molecule has 0 saturated carbocycles. The monoisotopic (exact) mass is 335 g/mol. The van der Waals surface area contributed by atoms with Crippen molar-refractivity contribution in [1.29, 1.82) is 0 Å². The quantitative estimate of drug-likeness (QED) is 0.556. The number of rotatable bonds is 5. The number of pyridine rings is 1. The minimum Gasteiger partial charge on any atom is -0.352 e. The van der Waals surface area contributed by atoms with E-state index < -0.39 is 0 Å². The van der Waals surface area contributed by atoms with Crippen LogP contribution in [0.5, 0.6) is 0 Å². The highest BCUT2D eigenvalue weighted by Crippen LogP contribution is 2.09. The van der Waals surface area contributed by atoms with E-state index in [0.29, 0.717) is 6.54 Å². The molecule has 0 atom stereocenters. The number of imidazole rings is 1. The van der Waals surface area contributed by atoms with Gasteiger partial charge in [-0.15, -0.1) is 0 Å². The van der Waals surface area contributed by atoms with Crippen LogP contribution in [0.2, 0.25) is 0 Å². The van der Waals surface area contributed by atoms with E-state index in [4.69, 9.17) is 0 Å². The van der Waals surface area contributed by atoms with Crippen molar-refractivity contribution >= 4 is 11.6 Å². The second-order valence-corrected chi connectivity index (χ2v) is 6.03. The average Bonchev–Trinajstić information content (AvgIpc) is 3.06. The van der Waals surface area contributed by atoms with Crippen molar-refractivity contribution < 1.29 is 0 Å². The maximum Gasteiger partial charge on any atom is 0.191 e. The third kappa shape index (κ3) is 3.99. The van der Waals surface area contributed by atoms with Crippen LogP contribution in [-0.4, -0.2) is 22.4 Å². The lowest BCUT2D eigenvalue weighted by Gasteiger charge is -2.13. The van der Waals surface area contributed by atoms with E-state index in [0.717, 1.165) is 30.3 Å². The van der Waals surface area contributed by atoms with Crippen LogP contribution >= 0.6 is 0 Å². The molecule has 0 aliphatic heterocycles. The summed E-state index contributed by atoms with van der Waals surface area (Å²) in [5.41, 5.74) is 5.80. The molecule has 3 rings (SSSR count). The molecular weight excluding hydrogens is 310 g/mol. The Balaban J connectivity index is 1.61. The van der Waals surface area contributed by atoms with Gasteiger partial charge in [-0.25, -0.2) is 4.98 Å². The molecule has 3 aromatic rings. The van der Waals surface area contributed by atoms with Crippen molar-refractivity contribution in [2.75, 3.05) is 7.05 Å². The number of aliphatic imine (C=N–C) groups is 1. The molecule has 0 saturated heterocycles. The van der Waals surface area contributed by atoms with E-state index >= 15 is 0 Å². The highest BCUT2D eigenvalue weighted by molar-refractivity contribution is 5.79. The molecule has 0 radical (unpaired) electrons. The second kappa shape index (κ2) is 7.83. The van der Waals surface area contributed by atoms with E-state index in [2.05, 4.69) is 75.4 Å². The predicted molar refractivity (Wildman–Crippen MR) is 103 cm³/mol. The molecule has 0 aliphatic rings. The summed E-state index contributed by atoms with van der Waals surface area (Å²) in [5, 5.41) is 6.72. The summed E-state index contributed by atoms with van der Waals surface area (Å²) in [6, 6.07) is 14.6. The van der Waals surface area contributed by atoms with Gasteiger partial charge >= 0.3 is 0 Å². The molecule has 0 amide bonds. The lowest BCUT2D eigenvalue weighted by atomic mass is 10.1. The van der Waals surface area contributed by atoms with Crippen LogP contribution in [-0.2, 0) is 19.5 Å². The first kappa shape index (κ1) is 17.0. The molecule has 0 spiro atoms. The third-order valence-corrected chi connectivity index (χ3v) is 4.35. The van der Waals surface area contributed by atoms with Crippen molar-refractivity contribution in [3.63, 3.8) is 0 Å². The van der Waals surface area contributed by atoms with Crippen molar-refractivity contribution in [2.45, 2.75) is 33.4 Å². The van der Waals surface area contributed by atoms with E-state index in [-0.39, 0.29) is 0 Å². The average molecular weight is 335 g/mol. The summed E-state index contributed by atoms with van der Waals surface area (Å²) in [4.78, 5) is 8.95. The Morgan fingerprint density at radius 1 is 1.04 bits per heavy atom. The van der Waals surface area contributed by atoms with Gasteiger partial charge in [0.1, 0.15) is 5.65 Å². The van der Waals surface area contributed by atoms with Crippen LogP contribution in [0.15, 0.2) is 53.7 Å². The molecule has 0 unspecified atom stereocenters. The first-order valence-electron chi connectivity index (χ1n) is 8.66. The number of nitrogens with one attached hydrogen (secondary N) is 2. The van der Waals surface area contributed by atoms with E-state index in [9.17, 15) is 0 Å². The first-order chi connectivity index (χ1) is 12.2. The Hall–Kier alpha value is -2.82. The summed E-state index contributed by atoms with van der Waals surface area (Å²) in [7, 11) is 1.79. The van der Waals surface area contributed by atoms with E-state index in [1.807, 2.05) is 12.1 Å². The van der Waals surface area contributed by atoms with Gasteiger partial charge in [-0.05, 0) is 36.6 Å². The number of aryl methyl sites for hydroxylation is 2. The molecule has 5 heteroatoms. The zero-order valence-corrected chi connectivity index (χ0v) is 15.1. The Bertz CT molecular complexity index is 879. The molecule has 2 N–H and O–H groups in total. The zero-order chi connectivity index (χ0) is 17.6. The van der Waals surface area contributed by atoms with Gasteiger partial charge in [0.2, 0.25) is 0 Å².